The maximum Gasteiger partial charge on any atom is 0.411 e. The summed E-state index contributed by atoms with van der Waals surface area (Å²) in [5.41, 5.74) is -0.597. The zero-order valence-electron chi connectivity index (χ0n) is 13.0. The predicted octanol–water partition coefficient (Wildman–Crippen LogP) is 3.28. The molecule has 0 radical (unpaired) electrons. The molecule has 1 fully saturated rings. The van der Waals surface area contributed by atoms with Gasteiger partial charge >= 0.3 is 12.1 Å². The van der Waals surface area contributed by atoms with E-state index in [0.29, 0.717) is 13.0 Å². The summed E-state index contributed by atoms with van der Waals surface area (Å²) in [5, 5.41) is 9.27. The fourth-order valence-electron chi connectivity index (χ4n) is 2.57. The predicted molar refractivity (Wildman–Crippen MR) is 76.6 cm³/mol. The van der Waals surface area contributed by atoms with Gasteiger partial charge in [-0.05, 0) is 39.5 Å². The zero-order valence-corrected chi connectivity index (χ0v) is 13.0. The topological polar surface area (TPSA) is 66.8 Å². The van der Waals surface area contributed by atoms with Gasteiger partial charge in [-0.3, -0.25) is 4.90 Å². The molecule has 0 unspecified atom stereocenters. The molecule has 1 rings (SSSR count). The van der Waals surface area contributed by atoms with Gasteiger partial charge in [-0.15, -0.1) is 0 Å². The highest BCUT2D eigenvalue weighted by atomic mass is 16.6. The van der Waals surface area contributed by atoms with Crippen LogP contribution in [-0.2, 0) is 9.53 Å². The maximum absolute atomic E-state index is 12.1. The van der Waals surface area contributed by atoms with Crippen LogP contribution >= 0.6 is 0 Å². The average molecular weight is 285 g/mol. The summed E-state index contributed by atoms with van der Waals surface area (Å²) in [4.78, 5) is 24.8. The largest absolute Gasteiger partial charge is 0.480 e. The monoisotopic (exact) mass is 285 g/mol. The van der Waals surface area contributed by atoms with Gasteiger partial charge in [0.2, 0.25) is 0 Å². The van der Waals surface area contributed by atoms with E-state index >= 15 is 0 Å². The summed E-state index contributed by atoms with van der Waals surface area (Å²) in [5.74, 6) is -0.663. The molecule has 0 saturated carbocycles. The Morgan fingerprint density at radius 1 is 1.30 bits per heavy atom. The van der Waals surface area contributed by atoms with Gasteiger partial charge in [-0.1, -0.05) is 26.2 Å². The summed E-state index contributed by atoms with van der Waals surface area (Å²) in [6.07, 6.45) is 4.40. The van der Waals surface area contributed by atoms with Crippen molar-refractivity contribution in [1.29, 1.82) is 0 Å². The van der Waals surface area contributed by atoms with Gasteiger partial charge in [0.1, 0.15) is 11.6 Å². The Hall–Kier alpha value is -1.26. The molecule has 0 aromatic carbocycles. The van der Waals surface area contributed by atoms with Gasteiger partial charge in [0, 0.05) is 6.54 Å². The van der Waals surface area contributed by atoms with Crippen LogP contribution < -0.4 is 0 Å². The minimum atomic E-state index is -0.936. The molecule has 116 valence electrons. The smallest absolute Gasteiger partial charge is 0.411 e. The van der Waals surface area contributed by atoms with Crippen LogP contribution in [0.4, 0.5) is 4.79 Å². The van der Waals surface area contributed by atoms with Gasteiger partial charge in [0.15, 0.2) is 0 Å². The quantitative estimate of drug-likeness (QED) is 0.787. The van der Waals surface area contributed by atoms with Crippen LogP contribution in [0.1, 0.15) is 59.8 Å². The van der Waals surface area contributed by atoms with Gasteiger partial charge in [-0.2, -0.15) is 0 Å². The first-order valence-corrected chi connectivity index (χ1v) is 7.47. The number of carbonyl (C=O) groups is 2. The van der Waals surface area contributed by atoms with Crippen LogP contribution in [0.5, 0.6) is 0 Å². The Morgan fingerprint density at radius 2 is 1.95 bits per heavy atom. The normalized spacial score (nSPS) is 22.9. The molecule has 0 aromatic rings. The lowest BCUT2D eigenvalue weighted by Gasteiger charge is -2.26. The average Bonchev–Trinajstić information content (AvgIpc) is 2.71. The van der Waals surface area contributed by atoms with E-state index in [0.717, 1.165) is 25.7 Å². The lowest BCUT2D eigenvalue weighted by Crippen LogP contribution is -2.43. The van der Waals surface area contributed by atoms with E-state index in [2.05, 4.69) is 6.92 Å². The summed E-state index contributed by atoms with van der Waals surface area (Å²) >= 11 is 0. The molecule has 0 aliphatic carbocycles. The van der Waals surface area contributed by atoms with E-state index in [9.17, 15) is 14.7 Å². The first-order valence-electron chi connectivity index (χ1n) is 7.47. The molecule has 1 saturated heterocycles. The molecule has 2 atom stereocenters. The highest BCUT2D eigenvalue weighted by molar-refractivity contribution is 5.80. The molecular formula is C15H27NO4. The first-order chi connectivity index (χ1) is 9.24. The van der Waals surface area contributed by atoms with Crippen molar-refractivity contribution in [3.63, 3.8) is 0 Å². The molecule has 5 heteroatoms. The van der Waals surface area contributed by atoms with Crippen LogP contribution in [0, 0.1) is 5.92 Å². The fourth-order valence-corrected chi connectivity index (χ4v) is 2.57. The van der Waals surface area contributed by atoms with Crippen LogP contribution in [0.25, 0.3) is 0 Å². The van der Waals surface area contributed by atoms with E-state index in [1.165, 1.54) is 4.90 Å². The third kappa shape index (κ3) is 5.02. The molecule has 5 nitrogen and oxygen atoms in total. The van der Waals surface area contributed by atoms with E-state index in [1.807, 2.05) is 0 Å². The maximum atomic E-state index is 12.1. The summed E-state index contributed by atoms with van der Waals surface area (Å²) in [7, 11) is 0. The van der Waals surface area contributed by atoms with Crippen molar-refractivity contribution in [2.45, 2.75) is 71.4 Å². The van der Waals surface area contributed by atoms with Gasteiger partial charge in [0.25, 0.3) is 0 Å². The van der Waals surface area contributed by atoms with E-state index in [-0.39, 0.29) is 5.92 Å². The molecule has 0 spiro atoms. The van der Waals surface area contributed by atoms with E-state index in [4.69, 9.17) is 4.74 Å². The first kappa shape index (κ1) is 16.8. The Labute approximate surface area is 121 Å². The van der Waals surface area contributed by atoms with Crippen LogP contribution in [0.2, 0.25) is 0 Å². The third-order valence-corrected chi connectivity index (χ3v) is 3.52. The number of hydrogen-bond donors (Lipinski definition) is 1. The molecule has 20 heavy (non-hydrogen) atoms. The second-order valence-corrected chi connectivity index (χ2v) is 6.58. The minimum Gasteiger partial charge on any atom is -0.480 e. The third-order valence-electron chi connectivity index (χ3n) is 3.52. The number of nitrogens with zero attached hydrogens (tertiary/aromatic N) is 1. The van der Waals surface area contributed by atoms with Crippen LogP contribution in [-0.4, -0.2) is 40.3 Å². The molecule has 1 N–H and O–H groups in total. The van der Waals surface area contributed by atoms with Crippen molar-refractivity contribution >= 4 is 12.1 Å². The molecular weight excluding hydrogens is 258 g/mol. The molecule has 0 bridgehead atoms. The minimum absolute atomic E-state index is 0.273. The summed E-state index contributed by atoms with van der Waals surface area (Å²) < 4.78 is 5.30. The lowest BCUT2D eigenvalue weighted by molar-refractivity contribution is -0.142. The Morgan fingerprint density at radius 3 is 2.45 bits per heavy atom. The van der Waals surface area contributed by atoms with Crippen molar-refractivity contribution < 1.29 is 19.4 Å². The highest BCUT2D eigenvalue weighted by Crippen LogP contribution is 2.29. The standard InChI is InChI=1S/C15H27NO4/c1-5-6-7-8-11-9-12(13(17)18)16(10-11)14(19)20-15(2,3)4/h11-12H,5-10H2,1-4H3,(H,17,18)/t11-,12+/m1/s1. The molecule has 1 amide bonds. The number of carbonyl (C=O) groups excluding carboxylic acids is 1. The van der Waals surface area contributed by atoms with Crippen molar-refractivity contribution in [3.8, 4) is 0 Å². The Kier molecular flexibility index (Phi) is 5.84. The van der Waals surface area contributed by atoms with Gasteiger partial charge < -0.3 is 9.84 Å². The summed E-state index contributed by atoms with van der Waals surface area (Å²) in [6.45, 7) is 8.00. The second-order valence-electron chi connectivity index (χ2n) is 6.58. The van der Waals surface area contributed by atoms with Crippen LogP contribution in [0.15, 0.2) is 0 Å². The fraction of sp³-hybridized carbons (Fsp3) is 0.867. The summed E-state index contributed by atoms with van der Waals surface area (Å²) in [6, 6.07) is -0.739. The Bertz CT molecular complexity index is 348. The zero-order chi connectivity index (χ0) is 15.3. The highest BCUT2D eigenvalue weighted by Gasteiger charge is 2.41. The van der Waals surface area contributed by atoms with E-state index < -0.39 is 23.7 Å². The number of rotatable bonds is 5. The van der Waals surface area contributed by atoms with Crippen molar-refractivity contribution in [3.05, 3.63) is 0 Å². The number of amides is 1. The molecule has 1 aliphatic rings. The van der Waals surface area contributed by atoms with E-state index in [1.54, 1.807) is 20.8 Å². The van der Waals surface area contributed by atoms with Crippen molar-refractivity contribution in [1.82, 2.24) is 4.90 Å². The number of likely N-dealkylation sites (tertiary alicyclic amines) is 1. The lowest BCUT2D eigenvalue weighted by atomic mass is 9.98. The molecule has 1 aliphatic heterocycles. The number of aliphatic carboxylic acids is 1. The number of carboxylic acids is 1. The molecule has 1 heterocycles. The SMILES string of the molecule is CCCCC[C@@H]1C[C@@H](C(=O)O)N(C(=O)OC(C)(C)C)C1. The number of carboxylic acid groups (broad SMARTS) is 1. The van der Waals surface area contributed by atoms with Crippen LogP contribution in [0.3, 0.4) is 0 Å². The number of unbranched alkanes of at least 4 members (excludes halogenated alkanes) is 2. The van der Waals surface area contributed by atoms with Crippen molar-refractivity contribution in [2.75, 3.05) is 6.54 Å². The van der Waals surface area contributed by atoms with Gasteiger partial charge in [-0.25, -0.2) is 9.59 Å². The number of hydrogen-bond acceptors (Lipinski definition) is 3. The van der Waals surface area contributed by atoms with Crippen molar-refractivity contribution in [2.24, 2.45) is 5.92 Å². The number of ether oxygens (including phenoxy) is 1. The second kappa shape index (κ2) is 6.95. The van der Waals surface area contributed by atoms with Gasteiger partial charge in [0.05, 0.1) is 0 Å². The Balaban J connectivity index is 2.63. The molecule has 0 aromatic heterocycles.